The van der Waals surface area contributed by atoms with Crippen LogP contribution in [0, 0.1) is 6.92 Å². The Labute approximate surface area is 144 Å². The fourth-order valence-electron chi connectivity index (χ4n) is 2.54. The van der Waals surface area contributed by atoms with E-state index in [0.29, 0.717) is 19.1 Å². The van der Waals surface area contributed by atoms with Gasteiger partial charge in [-0.05, 0) is 52.2 Å². The summed E-state index contributed by atoms with van der Waals surface area (Å²) in [6, 6.07) is 10.0. The smallest absolute Gasteiger partial charge is 0.226 e. The Balaban J connectivity index is 1.65. The highest BCUT2D eigenvalue weighted by atomic mass is 16.5. The van der Waals surface area contributed by atoms with Crippen molar-refractivity contribution in [2.75, 3.05) is 13.2 Å². The van der Waals surface area contributed by atoms with Gasteiger partial charge in [0.25, 0.3) is 0 Å². The van der Waals surface area contributed by atoms with Crippen LogP contribution >= 0.6 is 0 Å². The lowest BCUT2D eigenvalue weighted by molar-refractivity contribution is -0.0216. The van der Waals surface area contributed by atoms with Crippen molar-refractivity contribution < 1.29 is 14.3 Å². The maximum absolute atomic E-state index is 9.55. The normalized spacial score (nSPS) is 11.8. The summed E-state index contributed by atoms with van der Waals surface area (Å²) < 4.78 is 11.2. The lowest BCUT2D eigenvalue weighted by Gasteiger charge is -2.16. The molecule has 0 radical (unpaired) electrons. The van der Waals surface area contributed by atoms with Gasteiger partial charge < -0.3 is 14.3 Å². The number of aryl methyl sites for hydroxylation is 2. The molecule has 0 fully saturated rings. The second-order valence-corrected chi connectivity index (χ2v) is 6.92. The minimum Gasteiger partial charge on any atom is -0.441 e. The van der Waals surface area contributed by atoms with Gasteiger partial charge in [0.05, 0.1) is 17.9 Å². The van der Waals surface area contributed by atoms with Crippen LogP contribution in [-0.4, -0.2) is 28.9 Å². The zero-order valence-electron chi connectivity index (χ0n) is 15.0. The Kier molecular flexibility index (Phi) is 7.00. The molecule has 0 aliphatic rings. The highest BCUT2D eigenvalue weighted by Gasteiger charge is 2.12. The third kappa shape index (κ3) is 6.46. The molecular weight excluding hydrogens is 302 g/mol. The van der Waals surface area contributed by atoms with Crippen LogP contribution in [-0.2, 0) is 11.2 Å². The van der Waals surface area contributed by atoms with Crippen LogP contribution in [0.2, 0.25) is 0 Å². The van der Waals surface area contributed by atoms with Crippen molar-refractivity contribution >= 4 is 0 Å². The average molecular weight is 331 g/mol. The Morgan fingerprint density at radius 2 is 1.79 bits per heavy atom. The maximum atomic E-state index is 9.55. The van der Waals surface area contributed by atoms with Gasteiger partial charge in [0.2, 0.25) is 5.89 Å². The predicted molar refractivity (Wildman–Crippen MR) is 96.0 cm³/mol. The Bertz CT molecular complexity index is 599. The largest absolute Gasteiger partial charge is 0.441 e. The van der Waals surface area contributed by atoms with E-state index in [4.69, 9.17) is 9.15 Å². The lowest BCUT2D eigenvalue weighted by atomic mass is 10.1. The number of nitrogens with zero attached hydrogens (tertiary/aromatic N) is 1. The summed E-state index contributed by atoms with van der Waals surface area (Å²) in [5.41, 5.74) is 1.35. The van der Waals surface area contributed by atoms with Crippen LogP contribution < -0.4 is 0 Å². The molecule has 4 heteroatoms. The Morgan fingerprint density at radius 1 is 1.08 bits per heavy atom. The Hall–Kier alpha value is -1.65. The van der Waals surface area contributed by atoms with Gasteiger partial charge in [0.1, 0.15) is 5.76 Å². The summed E-state index contributed by atoms with van der Waals surface area (Å²) in [6.45, 7) is 6.62. The summed E-state index contributed by atoms with van der Waals surface area (Å²) in [6.07, 6.45) is 5.37. The number of aromatic nitrogens is 1. The molecule has 1 aromatic heterocycles. The standard InChI is InChI=1S/C20H29NO3/c1-16-18(21-19(24-16)17-11-7-6-8-12-17)13-9-4-5-10-14-23-15-20(2,3)22/h6-8,11-12,22H,4-5,9-10,13-15H2,1-3H3. The first kappa shape index (κ1) is 18.7. The van der Waals surface area contributed by atoms with Crippen molar-refractivity contribution in [3.8, 4) is 11.5 Å². The number of hydrogen-bond acceptors (Lipinski definition) is 4. The maximum Gasteiger partial charge on any atom is 0.226 e. The second-order valence-electron chi connectivity index (χ2n) is 6.92. The number of hydrogen-bond donors (Lipinski definition) is 1. The molecule has 0 bridgehead atoms. The van der Waals surface area contributed by atoms with Gasteiger partial charge in [0.15, 0.2) is 0 Å². The van der Waals surface area contributed by atoms with Crippen LogP contribution in [0.15, 0.2) is 34.7 Å². The molecule has 0 saturated heterocycles. The van der Waals surface area contributed by atoms with Gasteiger partial charge in [-0.2, -0.15) is 0 Å². The molecule has 4 nitrogen and oxygen atoms in total. The summed E-state index contributed by atoms with van der Waals surface area (Å²) in [7, 11) is 0. The first-order valence-corrected chi connectivity index (χ1v) is 8.77. The summed E-state index contributed by atoms with van der Waals surface area (Å²) in [4.78, 5) is 4.64. The van der Waals surface area contributed by atoms with Crippen molar-refractivity contribution in [3.63, 3.8) is 0 Å². The average Bonchev–Trinajstić information content (AvgIpc) is 2.91. The van der Waals surface area contributed by atoms with E-state index < -0.39 is 5.60 Å². The van der Waals surface area contributed by atoms with Crippen molar-refractivity contribution in [2.45, 2.75) is 58.5 Å². The van der Waals surface area contributed by atoms with Crippen LogP contribution in [0.4, 0.5) is 0 Å². The van der Waals surface area contributed by atoms with E-state index in [1.54, 1.807) is 13.8 Å². The highest BCUT2D eigenvalue weighted by Crippen LogP contribution is 2.22. The fraction of sp³-hybridized carbons (Fsp3) is 0.550. The number of rotatable bonds is 10. The number of ether oxygens (including phenoxy) is 1. The van der Waals surface area contributed by atoms with Gasteiger partial charge >= 0.3 is 0 Å². The first-order chi connectivity index (χ1) is 11.5. The van der Waals surface area contributed by atoms with E-state index in [1.807, 2.05) is 37.3 Å². The van der Waals surface area contributed by atoms with Crippen molar-refractivity contribution in [1.29, 1.82) is 0 Å². The molecule has 0 aliphatic carbocycles. The molecule has 0 saturated carbocycles. The zero-order valence-corrected chi connectivity index (χ0v) is 15.0. The van der Waals surface area contributed by atoms with E-state index in [-0.39, 0.29) is 0 Å². The molecule has 0 aliphatic heterocycles. The Morgan fingerprint density at radius 3 is 2.50 bits per heavy atom. The molecule has 1 aromatic carbocycles. The van der Waals surface area contributed by atoms with Crippen molar-refractivity contribution in [1.82, 2.24) is 4.98 Å². The van der Waals surface area contributed by atoms with Crippen LogP contribution in [0.1, 0.15) is 51.0 Å². The van der Waals surface area contributed by atoms with Gasteiger partial charge in [-0.15, -0.1) is 0 Å². The number of unbranched alkanes of at least 4 members (excludes halogenated alkanes) is 3. The molecule has 1 heterocycles. The van der Waals surface area contributed by atoms with Crippen LogP contribution in [0.5, 0.6) is 0 Å². The zero-order chi connectivity index (χ0) is 17.4. The van der Waals surface area contributed by atoms with E-state index in [0.717, 1.165) is 49.1 Å². The number of oxazole rings is 1. The van der Waals surface area contributed by atoms with E-state index in [1.165, 1.54) is 0 Å². The minimum atomic E-state index is -0.735. The number of aliphatic hydroxyl groups is 1. The van der Waals surface area contributed by atoms with Crippen molar-refractivity contribution in [2.24, 2.45) is 0 Å². The topological polar surface area (TPSA) is 55.5 Å². The van der Waals surface area contributed by atoms with Crippen LogP contribution in [0.3, 0.4) is 0 Å². The lowest BCUT2D eigenvalue weighted by Crippen LogP contribution is -2.26. The van der Waals surface area contributed by atoms with Crippen molar-refractivity contribution in [3.05, 3.63) is 41.8 Å². The van der Waals surface area contributed by atoms with E-state index in [2.05, 4.69) is 4.98 Å². The minimum absolute atomic E-state index is 0.396. The van der Waals surface area contributed by atoms with E-state index >= 15 is 0 Å². The predicted octanol–water partition coefficient (Wildman–Crippen LogP) is 4.54. The fourth-order valence-corrected chi connectivity index (χ4v) is 2.54. The first-order valence-electron chi connectivity index (χ1n) is 8.77. The number of benzene rings is 1. The molecule has 2 rings (SSSR count). The third-order valence-corrected chi connectivity index (χ3v) is 3.82. The molecule has 1 N–H and O–H groups in total. The summed E-state index contributed by atoms with van der Waals surface area (Å²) >= 11 is 0. The van der Waals surface area contributed by atoms with Crippen LogP contribution in [0.25, 0.3) is 11.5 Å². The molecule has 0 atom stereocenters. The van der Waals surface area contributed by atoms with Gasteiger partial charge in [-0.1, -0.05) is 31.0 Å². The SMILES string of the molecule is Cc1oc(-c2ccccc2)nc1CCCCCCOCC(C)(C)O. The van der Waals surface area contributed by atoms with Gasteiger partial charge in [-0.25, -0.2) is 4.98 Å². The molecule has 2 aromatic rings. The molecule has 24 heavy (non-hydrogen) atoms. The summed E-state index contributed by atoms with van der Waals surface area (Å²) in [5.74, 6) is 1.63. The molecule has 0 unspecified atom stereocenters. The quantitative estimate of drug-likeness (QED) is 0.649. The van der Waals surface area contributed by atoms with Gasteiger partial charge in [0, 0.05) is 12.2 Å². The second kappa shape index (κ2) is 9.00. The third-order valence-electron chi connectivity index (χ3n) is 3.82. The molecule has 132 valence electrons. The molecular formula is C20H29NO3. The van der Waals surface area contributed by atoms with E-state index in [9.17, 15) is 5.11 Å². The highest BCUT2D eigenvalue weighted by molar-refractivity contribution is 5.53. The summed E-state index contributed by atoms with van der Waals surface area (Å²) in [5, 5.41) is 9.55. The monoisotopic (exact) mass is 331 g/mol. The molecule has 0 spiro atoms. The van der Waals surface area contributed by atoms with Gasteiger partial charge in [-0.3, -0.25) is 0 Å². The molecule has 0 amide bonds.